The van der Waals surface area contributed by atoms with Crippen molar-refractivity contribution in [2.45, 2.75) is 182 Å². The number of Topliss-reactive ketones (excluding diaryl/α,β-unsaturated/α-hetero) is 1. The van der Waals surface area contributed by atoms with E-state index in [9.17, 15) is 29.1 Å². The highest BCUT2D eigenvalue weighted by Gasteiger charge is 2.76. The largest absolute Gasteiger partial charge is 0.463 e. The molecular formula is C50H72O15. The quantitative estimate of drug-likeness (QED) is 0.154. The molecule has 3 unspecified atom stereocenters. The fourth-order valence-corrected chi connectivity index (χ4v) is 12.2. The van der Waals surface area contributed by atoms with Crippen LogP contribution in [0.5, 0.6) is 0 Å². The summed E-state index contributed by atoms with van der Waals surface area (Å²) in [4.78, 5) is 81.1. The van der Waals surface area contributed by atoms with Crippen LogP contribution in [0.25, 0.3) is 0 Å². The summed E-state index contributed by atoms with van der Waals surface area (Å²) in [7, 11) is 0. The van der Waals surface area contributed by atoms with Crippen molar-refractivity contribution in [3.63, 3.8) is 0 Å². The van der Waals surface area contributed by atoms with Crippen molar-refractivity contribution in [1.82, 2.24) is 0 Å². The van der Waals surface area contributed by atoms with E-state index in [0.29, 0.717) is 12.8 Å². The molecule has 7 aliphatic rings. The highest BCUT2D eigenvalue weighted by Crippen LogP contribution is 2.70. The fraction of sp³-hybridized carbons (Fsp3) is 0.800. The molecule has 14 atom stereocenters. The number of rotatable bonds is 14. The number of aliphatic hydroxyl groups excluding tert-OH is 1. The Kier molecular flexibility index (Phi) is 14.6. The Morgan fingerprint density at radius 2 is 1.38 bits per heavy atom. The second-order valence-corrected chi connectivity index (χ2v) is 21.4. The molecule has 2 heterocycles. The van der Waals surface area contributed by atoms with Crippen LogP contribution in [0.1, 0.15) is 127 Å². The van der Waals surface area contributed by atoms with E-state index in [1.165, 1.54) is 0 Å². The van der Waals surface area contributed by atoms with Crippen LogP contribution in [0.15, 0.2) is 23.8 Å². The second-order valence-electron chi connectivity index (χ2n) is 21.4. The Balaban J connectivity index is 1.24. The van der Waals surface area contributed by atoms with E-state index in [0.717, 1.165) is 44.1 Å². The van der Waals surface area contributed by atoms with Crippen LogP contribution < -0.4 is 0 Å². The number of hydrogen-bond acceptors (Lipinski definition) is 15. The molecule has 65 heavy (non-hydrogen) atoms. The Labute approximate surface area is 383 Å². The van der Waals surface area contributed by atoms with Gasteiger partial charge in [-0.3, -0.25) is 28.8 Å². The number of ketones is 2. The monoisotopic (exact) mass is 912 g/mol. The van der Waals surface area contributed by atoms with E-state index in [1.54, 1.807) is 67.5 Å². The molecule has 6 fully saturated rings. The zero-order valence-corrected chi connectivity index (χ0v) is 39.9. The van der Waals surface area contributed by atoms with Crippen LogP contribution in [0.3, 0.4) is 0 Å². The molecule has 7 rings (SSSR count). The molecule has 15 nitrogen and oxygen atoms in total. The molecule has 0 amide bonds. The number of hydrogen-bond donors (Lipinski definition) is 1. The lowest BCUT2D eigenvalue weighted by Crippen LogP contribution is -2.65. The lowest BCUT2D eigenvalue weighted by Gasteiger charge is -2.59. The zero-order chi connectivity index (χ0) is 47.3. The average molecular weight is 913 g/mol. The van der Waals surface area contributed by atoms with Gasteiger partial charge in [-0.05, 0) is 62.5 Å². The minimum absolute atomic E-state index is 0.0158. The van der Waals surface area contributed by atoms with Gasteiger partial charge < -0.3 is 43.0 Å². The average Bonchev–Trinajstić information content (AvgIpc) is 3.76. The number of ether oxygens (including phenoxy) is 8. The third kappa shape index (κ3) is 9.14. The Morgan fingerprint density at radius 3 is 2.00 bits per heavy atom. The minimum Gasteiger partial charge on any atom is -0.463 e. The third-order valence-corrected chi connectivity index (χ3v) is 15.7. The maximum absolute atomic E-state index is 15.6. The highest BCUT2D eigenvalue weighted by atomic mass is 16.8. The molecule has 0 spiro atoms. The first kappa shape index (κ1) is 49.4. The van der Waals surface area contributed by atoms with E-state index >= 15 is 4.79 Å². The van der Waals surface area contributed by atoms with E-state index in [2.05, 4.69) is 6.92 Å². The van der Waals surface area contributed by atoms with Gasteiger partial charge in [-0.1, -0.05) is 100 Å². The highest BCUT2D eigenvalue weighted by molar-refractivity contribution is 6.01. The molecule has 4 saturated carbocycles. The van der Waals surface area contributed by atoms with E-state index in [4.69, 9.17) is 37.9 Å². The van der Waals surface area contributed by atoms with Gasteiger partial charge >= 0.3 is 23.9 Å². The van der Waals surface area contributed by atoms with E-state index in [-0.39, 0.29) is 35.9 Å². The van der Waals surface area contributed by atoms with Crippen molar-refractivity contribution in [3.8, 4) is 0 Å². The smallest absolute Gasteiger partial charge is 0.308 e. The lowest BCUT2D eigenvalue weighted by atomic mass is 9.46. The summed E-state index contributed by atoms with van der Waals surface area (Å²) in [5.41, 5.74) is -1.97. The molecule has 0 aromatic rings. The van der Waals surface area contributed by atoms with Crippen LogP contribution in [0.2, 0.25) is 0 Å². The molecule has 5 aliphatic carbocycles. The number of esters is 4. The summed E-state index contributed by atoms with van der Waals surface area (Å²) in [5, 5.41) is 12.4. The molecule has 0 radical (unpaired) electrons. The van der Waals surface area contributed by atoms with Crippen LogP contribution in [0, 0.1) is 58.2 Å². The topological polar surface area (TPSA) is 196 Å². The predicted octanol–water partition coefficient (Wildman–Crippen LogP) is 6.15. The molecule has 2 aliphatic heterocycles. The Hall–Kier alpha value is -3.50. The van der Waals surface area contributed by atoms with Crippen molar-refractivity contribution in [3.05, 3.63) is 23.8 Å². The first-order valence-electron chi connectivity index (χ1n) is 24.2. The summed E-state index contributed by atoms with van der Waals surface area (Å²) in [6, 6.07) is 0. The van der Waals surface area contributed by atoms with Crippen molar-refractivity contribution >= 4 is 35.4 Å². The summed E-state index contributed by atoms with van der Waals surface area (Å²) in [6.07, 6.45) is 2.87. The first-order chi connectivity index (χ1) is 30.6. The fourth-order valence-electron chi connectivity index (χ4n) is 12.2. The Bertz CT molecular complexity index is 1900. The zero-order valence-electron chi connectivity index (χ0n) is 39.9. The van der Waals surface area contributed by atoms with Gasteiger partial charge in [-0.25, -0.2) is 0 Å². The van der Waals surface area contributed by atoms with Crippen molar-refractivity contribution in [1.29, 1.82) is 0 Å². The van der Waals surface area contributed by atoms with Crippen LogP contribution in [0.4, 0.5) is 0 Å². The summed E-state index contributed by atoms with van der Waals surface area (Å²) < 4.78 is 50.6. The van der Waals surface area contributed by atoms with Crippen molar-refractivity contribution < 1.29 is 71.8 Å². The molecule has 0 aromatic carbocycles. The van der Waals surface area contributed by atoms with Crippen LogP contribution >= 0.6 is 0 Å². The maximum Gasteiger partial charge on any atom is 0.308 e. The van der Waals surface area contributed by atoms with Crippen LogP contribution in [-0.4, -0.2) is 109 Å². The van der Waals surface area contributed by atoms with Gasteiger partial charge in [-0.15, -0.1) is 0 Å². The SMILES string of the molecule is CC(C)C(=O)OC[C@H]1O[C@@H](OCC(=O)[C@@]23O[C@H](C4CCCCC4)O[C@@H]2CC2C4CCC5=CC(=O)C=C[C@]5(C)C4[C@@H](O)C[C@@]23C)[C@H](OC(=O)C(C)C)[C@@H](OC(=O)C(C)C)[C@@H]1OC(=O)C(C)C. The van der Waals surface area contributed by atoms with Gasteiger partial charge in [0.2, 0.25) is 0 Å². The normalized spacial score (nSPS) is 39.0. The van der Waals surface area contributed by atoms with Gasteiger partial charge in [0.05, 0.1) is 35.9 Å². The third-order valence-electron chi connectivity index (χ3n) is 15.7. The first-order valence-corrected chi connectivity index (χ1v) is 24.2. The van der Waals surface area contributed by atoms with Crippen molar-refractivity contribution in [2.75, 3.05) is 13.2 Å². The molecular weight excluding hydrogens is 841 g/mol. The van der Waals surface area contributed by atoms with Gasteiger partial charge in [0, 0.05) is 22.7 Å². The number of allylic oxidation sites excluding steroid dienone is 4. The Morgan fingerprint density at radius 1 is 0.785 bits per heavy atom. The summed E-state index contributed by atoms with van der Waals surface area (Å²) >= 11 is 0. The maximum atomic E-state index is 15.6. The van der Waals surface area contributed by atoms with Gasteiger partial charge in [-0.2, -0.15) is 0 Å². The lowest BCUT2D eigenvalue weighted by molar-refractivity contribution is -0.309. The number of carbonyl (C=O) groups excluding carboxylic acids is 6. The van der Waals surface area contributed by atoms with Gasteiger partial charge in [0.1, 0.15) is 19.3 Å². The molecule has 0 aromatic heterocycles. The minimum atomic E-state index is -1.59. The number of carbonyl (C=O) groups is 6. The molecule has 1 N–H and O–H groups in total. The summed E-state index contributed by atoms with van der Waals surface area (Å²) in [6.45, 7) is 16.1. The number of fused-ring (bicyclic) bond motifs is 7. The van der Waals surface area contributed by atoms with Crippen molar-refractivity contribution in [2.24, 2.45) is 58.2 Å². The molecule has 2 saturated heterocycles. The van der Waals surface area contributed by atoms with Gasteiger partial charge in [0.25, 0.3) is 0 Å². The second kappa shape index (κ2) is 19.2. The summed E-state index contributed by atoms with van der Waals surface area (Å²) in [5.74, 6) is -5.80. The van der Waals surface area contributed by atoms with Gasteiger partial charge in [0.15, 0.2) is 48.1 Å². The van der Waals surface area contributed by atoms with E-state index in [1.807, 2.05) is 13.0 Å². The predicted molar refractivity (Wildman–Crippen MR) is 232 cm³/mol. The molecule has 0 bridgehead atoms. The molecule has 362 valence electrons. The standard InChI is InChI=1S/C50H72O15/c1-25(2)42(54)58-23-35-39(62-43(55)26(3)4)40(63-44(56)27(5)6)41(64-45(57)28(7)8)47(60-35)59-24-36(53)50-37(61-46(65-50)29-14-12-11-13-15-29)21-33-32-17-16-30-20-31(51)18-19-48(30,9)38(32)34(52)22-49(33,50)10/h18-20,25-29,32-35,37-41,46-47,52H,11-17,21-24H2,1-10H3/t32?,33?,34-,35+,37+,38?,39+,40-,41+,46+,47+,48-,49-,50+/m0/s1. The number of aliphatic hydroxyl groups is 1. The van der Waals surface area contributed by atoms with Crippen LogP contribution in [-0.2, 0) is 66.7 Å². The van der Waals surface area contributed by atoms with E-state index < -0.39 is 132 Å². The molecule has 15 heteroatoms.